The van der Waals surface area contributed by atoms with Gasteiger partial charge in [-0.2, -0.15) is 0 Å². The van der Waals surface area contributed by atoms with Gasteiger partial charge in [0.15, 0.2) is 11.5 Å². The Balaban J connectivity index is 1.69. The first-order valence-electron chi connectivity index (χ1n) is 9.83. The van der Waals surface area contributed by atoms with Crippen LogP contribution in [-0.4, -0.2) is 42.6 Å². The van der Waals surface area contributed by atoms with Gasteiger partial charge in [0.2, 0.25) is 0 Å². The summed E-state index contributed by atoms with van der Waals surface area (Å²) in [5.41, 5.74) is 6.16. The van der Waals surface area contributed by atoms with E-state index >= 15 is 0 Å². The molecule has 3 aliphatic heterocycles. The van der Waals surface area contributed by atoms with Crippen molar-refractivity contribution in [2.75, 3.05) is 20.3 Å². The number of rotatable bonds is 1. The molecule has 156 valence electrons. The third-order valence-corrected chi connectivity index (χ3v) is 6.34. The van der Waals surface area contributed by atoms with Gasteiger partial charge in [-0.25, -0.2) is 9.38 Å². The largest absolute Gasteiger partial charge is 0.484 e. The maximum absolute atomic E-state index is 13.9. The molecule has 0 bridgehead atoms. The number of ether oxygens (including phenoxy) is 2. The number of guanidine groups is 1. The number of benzene rings is 2. The molecule has 30 heavy (non-hydrogen) atoms. The van der Waals surface area contributed by atoms with Crippen LogP contribution >= 0.6 is 11.6 Å². The summed E-state index contributed by atoms with van der Waals surface area (Å²) in [7, 11) is 1.62. The minimum Gasteiger partial charge on any atom is -0.484 e. The number of likely N-dealkylation sites (N-methyl/N-ethyl adjacent to an activating group) is 1. The van der Waals surface area contributed by atoms with Gasteiger partial charge in [-0.15, -0.1) is 0 Å². The molecular weight excluding hydrogens is 409 g/mol. The Hall–Kier alpha value is -2.64. The molecule has 5 rings (SSSR count). The fourth-order valence-electron chi connectivity index (χ4n) is 4.71. The number of nitrogens with zero attached hydrogens (tertiary/aromatic N) is 2. The van der Waals surface area contributed by atoms with Gasteiger partial charge >= 0.3 is 0 Å². The number of carbonyl (C=O) groups is 1. The highest BCUT2D eigenvalue weighted by atomic mass is 35.5. The average Bonchev–Trinajstić information content (AvgIpc) is 2.91. The van der Waals surface area contributed by atoms with E-state index in [0.717, 1.165) is 12.8 Å². The minimum absolute atomic E-state index is 0.166. The second-order valence-electron chi connectivity index (χ2n) is 8.18. The number of hydrogen-bond donors (Lipinski definition) is 1. The monoisotopic (exact) mass is 429 g/mol. The first-order chi connectivity index (χ1) is 14.3. The van der Waals surface area contributed by atoms with Gasteiger partial charge < -0.3 is 15.2 Å². The predicted molar refractivity (Wildman–Crippen MR) is 111 cm³/mol. The van der Waals surface area contributed by atoms with E-state index in [0.29, 0.717) is 47.1 Å². The van der Waals surface area contributed by atoms with E-state index in [-0.39, 0.29) is 11.9 Å². The summed E-state index contributed by atoms with van der Waals surface area (Å²) in [5, 5.41) is 0.297. The lowest BCUT2D eigenvalue weighted by Crippen LogP contribution is -2.55. The summed E-state index contributed by atoms with van der Waals surface area (Å²) in [4.78, 5) is 19.4. The van der Waals surface area contributed by atoms with Crippen LogP contribution < -0.4 is 10.5 Å². The summed E-state index contributed by atoms with van der Waals surface area (Å²) in [6.07, 6.45) is 1.95. The lowest BCUT2D eigenvalue weighted by atomic mass is 9.74. The maximum atomic E-state index is 13.9. The Morgan fingerprint density at radius 1 is 1.23 bits per heavy atom. The van der Waals surface area contributed by atoms with Gasteiger partial charge in [0, 0.05) is 30.7 Å². The highest BCUT2D eigenvalue weighted by molar-refractivity contribution is 6.30. The molecule has 3 aliphatic rings. The molecule has 0 saturated carbocycles. The van der Waals surface area contributed by atoms with Crippen molar-refractivity contribution in [3.63, 3.8) is 0 Å². The van der Waals surface area contributed by atoms with Crippen LogP contribution in [0.4, 0.5) is 4.39 Å². The summed E-state index contributed by atoms with van der Waals surface area (Å²) in [6.45, 7) is 1.06. The van der Waals surface area contributed by atoms with Crippen LogP contribution in [0, 0.1) is 5.82 Å². The molecule has 2 aromatic carbocycles. The van der Waals surface area contributed by atoms with Crippen molar-refractivity contribution < 1.29 is 18.7 Å². The predicted octanol–water partition coefficient (Wildman–Crippen LogP) is 3.46. The maximum Gasteiger partial charge on any atom is 0.261 e. The van der Waals surface area contributed by atoms with Crippen molar-refractivity contribution in [3.05, 3.63) is 52.8 Å². The first kappa shape index (κ1) is 19.3. The van der Waals surface area contributed by atoms with E-state index in [1.165, 1.54) is 17.0 Å². The van der Waals surface area contributed by atoms with Crippen molar-refractivity contribution in [2.24, 2.45) is 10.7 Å². The topological polar surface area (TPSA) is 77.2 Å². The Morgan fingerprint density at radius 2 is 2.07 bits per heavy atom. The van der Waals surface area contributed by atoms with Crippen LogP contribution in [0.2, 0.25) is 5.02 Å². The lowest BCUT2D eigenvalue weighted by molar-refractivity contribution is -0.139. The molecule has 2 spiro atoms. The molecule has 0 unspecified atom stereocenters. The quantitative estimate of drug-likeness (QED) is 0.753. The van der Waals surface area contributed by atoms with E-state index in [9.17, 15) is 9.18 Å². The molecule has 1 fully saturated rings. The second-order valence-corrected chi connectivity index (χ2v) is 8.62. The van der Waals surface area contributed by atoms with Gasteiger partial charge in [-0.1, -0.05) is 17.7 Å². The van der Waals surface area contributed by atoms with E-state index in [1.54, 1.807) is 19.2 Å². The minimum atomic E-state index is -1.19. The SMILES string of the molecule is CN1C(=O)[C@@]2(C[C@]3(CCCOC3)Oc3ccc(-c4cc(F)cc(Cl)c4)cc32)N=C1N. The van der Waals surface area contributed by atoms with Crippen molar-refractivity contribution in [1.82, 2.24) is 4.90 Å². The Kier molecular flexibility index (Phi) is 4.31. The van der Waals surface area contributed by atoms with Crippen LogP contribution in [-0.2, 0) is 15.1 Å². The summed E-state index contributed by atoms with van der Waals surface area (Å²) in [5.74, 6) is 0.0967. The van der Waals surface area contributed by atoms with Crippen molar-refractivity contribution in [2.45, 2.75) is 30.4 Å². The molecule has 1 amide bonds. The summed E-state index contributed by atoms with van der Waals surface area (Å²) >= 11 is 6.05. The zero-order chi connectivity index (χ0) is 21.1. The molecule has 2 atom stereocenters. The molecule has 2 aromatic rings. The molecule has 2 N–H and O–H groups in total. The number of amides is 1. The van der Waals surface area contributed by atoms with E-state index in [1.807, 2.05) is 12.1 Å². The molecule has 8 heteroatoms. The molecule has 1 saturated heterocycles. The van der Waals surface area contributed by atoms with Gasteiger partial charge in [0.25, 0.3) is 5.91 Å². The molecule has 6 nitrogen and oxygen atoms in total. The number of carbonyl (C=O) groups excluding carboxylic acids is 1. The van der Waals surface area contributed by atoms with Crippen LogP contribution in [0.1, 0.15) is 24.8 Å². The van der Waals surface area contributed by atoms with Gasteiger partial charge in [0.1, 0.15) is 17.2 Å². The number of aliphatic imine (C=N–C) groups is 1. The standard InChI is InChI=1S/C22H21ClFN3O3/c1-27-19(28)22(26-20(27)25)11-21(5-2-6-29-12-21)30-18-4-3-13(9-17(18)22)14-7-15(23)10-16(24)8-14/h3-4,7-10H,2,5-6,11-12H2,1H3,(H2,25,26)/t21-,22-/m0/s1. The molecule has 3 heterocycles. The Morgan fingerprint density at radius 3 is 2.73 bits per heavy atom. The third-order valence-electron chi connectivity index (χ3n) is 6.12. The first-order valence-corrected chi connectivity index (χ1v) is 10.2. The summed E-state index contributed by atoms with van der Waals surface area (Å²) in [6, 6.07) is 9.79. The van der Waals surface area contributed by atoms with Crippen LogP contribution in [0.3, 0.4) is 0 Å². The van der Waals surface area contributed by atoms with Crippen molar-refractivity contribution >= 4 is 23.5 Å². The van der Waals surface area contributed by atoms with Crippen molar-refractivity contribution in [3.8, 4) is 16.9 Å². The molecule has 0 radical (unpaired) electrons. The van der Waals surface area contributed by atoms with Crippen LogP contribution in [0.25, 0.3) is 11.1 Å². The number of hydrogen-bond acceptors (Lipinski definition) is 5. The fourth-order valence-corrected chi connectivity index (χ4v) is 4.93. The van der Waals surface area contributed by atoms with Crippen LogP contribution in [0.15, 0.2) is 41.4 Å². The normalized spacial score (nSPS) is 27.9. The molecule has 0 aromatic heterocycles. The number of fused-ring (bicyclic) bond motifs is 2. The Labute approximate surface area is 178 Å². The lowest BCUT2D eigenvalue weighted by Gasteiger charge is -2.46. The number of halogens is 2. The smallest absolute Gasteiger partial charge is 0.261 e. The fraction of sp³-hybridized carbons (Fsp3) is 0.364. The van der Waals surface area contributed by atoms with Crippen LogP contribution in [0.5, 0.6) is 5.75 Å². The third kappa shape index (κ3) is 2.87. The average molecular weight is 430 g/mol. The molecule has 0 aliphatic carbocycles. The van der Waals surface area contributed by atoms with Gasteiger partial charge in [-0.3, -0.25) is 9.69 Å². The van der Waals surface area contributed by atoms with E-state index < -0.39 is 17.0 Å². The number of nitrogens with two attached hydrogens (primary N) is 1. The summed E-state index contributed by atoms with van der Waals surface area (Å²) < 4.78 is 26.0. The highest BCUT2D eigenvalue weighted by Gasteiger charge is 2.58. The van der Waals surface area contributed by atoms with E-state index in [4.69, 9.17) is 26.8 Å². The second kappa shape index (κ2) is 6.68. The molecular formula is C22H21ClFN3O3. The zero-order valence-corrected chi connectivity index (χ0v) is 17.2. The van der Waals surface area contributed by atoms with Gasteiger partial charge in [-0.05, 0) is 54.3 Å². The van der Waals surface area contributed by atoms with Crippen molar-refractivity contribution in [1.29, 1.82) is 0 Å². The van der Waals surface area contributed by atoms with Gasteiger partial charge in [0.05, 0.1) is 6.61 Å². The Bertz CT molecular complexity index is 1060. The zero-order valence-electron chi connectivity index (χ0n) is 16.5. The van der Waals surface area contributed by atoms with E-state index in [2.05, 4.69) is 4.99 Å². The highest BCUT2D eigenvalue weighted by Crippen LogP contribution is 2.51.